The van der Waals surface area contributed by atoms with Gasteiger partial charge in [0.2, 0.25) is 5.91 Å². The molecule has 29 heavy (non-hydrogen) atoms. The van der Waals surface area contributed by atoms with Gasteiger partial charge in [-0.2, -0.15) is 5.10 Å². The van der Waals surface area contributed by atoms with E-state index < -0.39 is 0 Å². The topological polar surface area (TPSA) is 61.7 Å². The van der Waals surface area contributed by atoms with Crippen molar-refractivity contribution < 1.29 is 4.79 Å². The number of hydrogen-bond donors (Lipinski definition) is 0. The number of benzene rings is 2. The van der Waals surface area contributed by atoms with Gasteiger partial charge in [0.25, 0.3) is 0 Å². The fraction of sp³-hybridized carbons (Fsp3) is 0.304. The summed E-state index contributed by atoms with van der Waals surface area (Å²) in [4.78, 5) is 24.7. The summed E-state index contributed by atoms with van der Waals surface area (Å²) in [6.45, 7) is 1.61. The molecule has 1 fully saturated rings. The van der Waals surface area contributed by atoms with Gasteiger partial charge in [-0.1, -0.05) is 42.5 Å². The molecule has 0 N–H and O–H groups in total. The van der Waals surface area contributed by atoms with Crippen molar-refractivity contribution in [2.24, 2.45) is 11.0 Å². The second-order valence-electron chi connectivity index (χ2n) is 7.62. The van der Waals surface area contributed by atoms with Crippen molar-refractivity contribution in [1.82, 2.24) is 15.0 Å². The summed E-state index contributed by atoms with van der Waals surface area (Å²) >= 11 is 0. The molecule has 0 radical (unpaired) electrons. The molecule has 2 aromatic carbocycles. The molecule has 5 rings (SSSR count). The van der Waals surface area contributed by atoms with Gasteiger partial charge in [0.15, 0.2) is 0 Å². The average Bonchev–Trinajstić information content (AvgIpc) is 3.29. The molecule has 1 amide bonds. The molecular formula is C23H23N5O. The lowest BCUT2D eigenvalue weighted by molar-refractivity contribution is -0.138. The van der Waals surface area contributed by atoms with E-state index in [9.17, 15) is 4.79 Å². The van der Waals surface area contributed by atoms with Crippen LogP contribution < -0.4 is 4.90 Å². The minimum Gasteiger partial charge on any atom is -0.355 e. The van der Waals surface area contributed by atoms with Gasteiger partial charge in [-0.3, -0.25) is 9.78 Å². The predicted octanol–water partition coefficient (Wildman–Crippen LogP) is 3.81. The fourth-order valence-electron chi connectivity index (χ4n) is 4.22. The largest absolute Gasteiger partial charge is 0.355 e. The van der Waals surface area contributed by atoms with Crippen molar-refractivity contribution in [3.8, 4) is 0 Å². The van der Waals surface area contributed by atoms with Crippen LogP contribution >= 0.6 is 0 Å². The second-order valence-corrected chi connectivity index (χ2v) is 7.62. The van der Waals surface area contributed by atoms with E-state index in [0.29, 0.717) is 0 Å². The first-order valence-corrected chi connectivity index (χ1v) is 10.2. The monoisotopic (exact) mass is 385 g/mol. The average molecular weight is 385 g/mol. The zero-order chi connectivity index (χ0) is 19.6. The highest BCUT2D eigenvalue weighted by Gasteiger charge is 2.34. The van der Waals surface area contributed by atoms with Crippen molar-refractivity contribution in [3.05, 3.63) is 66.4 Å². The van der Waals surface area contributed by atoms with E-state index >= 15 is 0 Å². The van der Waals surface area contributed by atoms with Gasteiger partial charge >= 0.3 is 0 Å². The van der Waals surface area contributed by atoms with Gasteiger partial charge in [-0.25, -0.2) is 9.99 Å². The first-order valence-electron chi connectivity index (χ1n) is 10.2. The smallest absolute Gasteiger partial charge is 0.246 e. The Bertz CT molecular complexity index is 1040. The maximum absolute atomic E-state index is 13.2. The number of hydrazone groups is 1. The molecule has 6 heteroatoms. The Morgan fingerprint density at radius 2 is 1.66 bits per heavy atom. The van der Waals surface area contributed by atoms with Crippen LogP contribution in [0.5, 0.6) is 0 Å². The summed E-state index contributed by atoms with van der Waals surface area (Å²) in [5.74, 6) is 1.02. The normalized spacial score (nSPS) is 19.8. The van der Waals surface area contributed by atoms with Crippen LogP contribution in [0.4, 0.5) is 5.82 Å². The third kappa shape index (κ3) is 3.46. The van der Waals surface area contributed by atoms with E-state index in [1.807, 2.05) is 54.9 Å². The quantitative estimate of drug-likeness (QED) is 0.688. The Balaban J connectivity index is 1.26. The van der Waals surface area contributed by atoms with Crippen molar-refractivity contribution in [2.75, 3.05) is 18.0 Å². The molecule has 0 spiro atoms. The number of hydrogen-bond acceptors (Lipinski definition) is 5. The van der Waals surface area contributed by atoms with Crippen molar-refractivity contribution in [2.45, 2.75) is 25.3 Å². The van der Waals surface area contributed by atoms with Crippen molar-refractivity contribution in [1.29, 1.82) is 0 Å². The summed E-state index contributed by atoms with van der Waals surface area (Å²) in [5.41, 5.74) is 2.95. The lowest BCUT2D eigenvalue weighted by atomic mass is 9.94. The summed E-state index contributed by atoms with van der Waals surface area (Å²) in [6.07, 6.45) is 6.08. The highest BCUT2D eigenvalue weighted by atomic mass is 16.2. The van der Waals surface area contributed by atoms with E-state index in [1.54, 1.807) is 5.01 Å². The zero-order valence-corrected chi connectivity index (χ0v) is 16.2. The minimum atomic E-state index is 0.00104. The Hall–Kier alpha value is -3.28. The van der Waals surface area contributed by atoms with Gasteiger partial charge in [0, 0.05) is 31.6 Å². The molecule has 146 valence electrons. The lowest BCUT2D eigenvalue weighted by Gasteiger charge is -2.34. The van der Waals surface area contributed by atoms with Crippen LogP contribution in [-0.4, -0.2) is 40.2 Å². The number of para-hydroxylation sites is 2. The van der Waals surface area contributed by atoms with Crippen LogP contribution in [0.2, 0.25) is 0 Å². The number of nitrogens with zero attached hydrogens (tertiary/aromatic N) is 5. The number of fused-ring (bicyclic) bond motifs is 1. The van der Waals surface area contributed by atoms with E-state index in [4.69, 9.17) is 4.98 Å². The molecule has 1 aromatic heterocycles. The third-order valence-electron chi connectivity index (χ3n) is 5.84. The van der Waals surface area contributed by atoms with Gasteiger partial charge in [-0.05, 0) is 30.5 Å². The Morgan fingerprint density at radius 3 is 2.45 bits per heavy atom. The minimum absolute atomic E-state index is 0.00104. The lowest BCUT2D eigenvalue weighted by Crippen LogP contribution is -2.41. The number of piperidine rings is 1. The molecule has 2 aliphatic rings. The second kappa shape index (κ2) is 7.62. The van der Waals surface area contributed by atoms with Crippen LogP contribution in [0.15, 0.2) is 65.9 Å². The third-order valence-corrected chi connectivity index (χ3v) is 5.84. The molecular weight excluding hydrogens is 362 g/mol. The summed E-state index contributed by atoms with van der Waals surface area (Å²) in [7, 11) is 0. The first-order chi connectivity index (χ1) is 14.3. The SMILES string of the molecule is O=C(C1CCN(c2cnc3ccccc3n2)CC1)N1N=CC[C@H]1c1ccccc1. The van der Waals surface area contributed by atoms with Gasteiger partial charge in [0.05, 0.1) is 23.3 Å². The summed E-state index contributed by atoms with van der Waals surface area (Å²) in [6, 6.07) is 18.1. The number of anilines is 1. The summed E-state index contributed by atoms with van der Waals surface area (Å²) < 4.78 is 0. The molecule has 3 aromatic rings. The van der Waals surface area contributed by atoms with Gasteiger partial charge in [0.1, 0.15) is 5.82 Å². The van der Waals surface area contributed by atoms with Crippen molar-refractivity contribution in [3.63, 3.8) is 0 Å². The maximum atomic E-state index is 13.2. The molecule has 1 atom stereocenters. The fourth-order valence-corrected chi connectivity index (χ4v) is 4.22. The van der Waals surface area contributed by atoms with Crippen LogP contribution in [0, 0.1) is 5.92 Å². The van der Waals surface area contributed by atoms with Gasteiger partial charge < -0.3 is 4.90 Å². The Labute approximate surface area is 169 Å². The van der Waals surface area contributed by atoms with E-state index in [1.165, 1.54) is 0 Å². The molecule has 1 saturated heterocycles. The highest BCUT2D eigenvalue weighted by molar-refractivity contribution is 5.82. The van der Waals surface area contributed by atoms with Crippen LogP contribution in [0.1, 0.15) is 30.9 Å². The number of rotatable bonds is 3. The van der Waals surface area contributed by atoms with E-state index in [2.05, 4.69) is 27.1 Å². The predicted molar refractivity (Wildman–Crippen MR) is 114 cm³/mol. The number of carbonyl (C=O) groups excluding carboxylic acids is 1. The van der Waals surface area contributed by atoms with Crippen LogP contribution in [0.3, 0.4) is 0 Å². The molecule has 3 heterocycles. The van der Waals surface area contributed by atoms with E-state index in [0.717, 1.165) is 54.8 Å². The van der Waals surface area contributed by atoms with Gasteiger partial charge in [-0.15, -0.1) is 0 Å². The Kier molecular flexibility index (Phi) is 4.68. The van der Waals surface area contributed by atoms with Crippen molar-refractivity contribution >= 4 is 29.0 Å². The molecule has 0 saturated carbocycles. The molecule has 2 aliphatic heterocycles. The Morgan fingerprint density at radius 1 is 0.931 bits per heavy atom. The molecule has 6 nitrogen and oxygen atoms in total. The maximum Gasteiger partial charge on any atom is 0.246 e. The molecule has 0 bridgehead atoms. The number of aromatic nitrogens is 2. The molecule has 0 aliphatic carbocycles. The number of carbonyl (C=O) groups is 1. The molecule has 0 unspecified atom stereocenters. The highest BCUT2D eigenvalue weighted by Crippen LogP contribution is 2.32. The van der Waals surface area contributed by atoms with Crippen LogP contribution in [-0.2, 0) is 4.79 Å². The standard InChI is InChI=1S/C23H23N5O/c29-23(28-21(10-13-25-28)17-6-2-1-3-7-17)18-11-14-27(15-12-18)22-16-24-19-8-4-5-9-20(19)26-22/h1-9,13,16,18,21H,10-12,14-15H2/t21-/m0/s1. The number of amides is 1. The summed E-state index contributed by atoms with van der Waals surface area (Å²) in [5, 5.41) is 6.10. The van der Waals surface area contributed by atoms with E-state index in [-0.39, 0.29) is 17.9 Å². The van der Waals surface area contributed by atoms with Crippen LogP contribution in [0.25, 0.3) is 11.0 Å². The zero-order valence-electron chi connectivity index (χ0n) is 16.2. The first kappa shape index (κ1) is 17.8.